The lowest BCUT2D eigenvalue weighted by Crippen LogP contribution is -2.47. The van der Waals surface area contributed by atoms with Gasteiger partial charge in [-0.2, -0.15) is 0 Å². The second-order valence-electron chi connectivity index (χ2n) is 6.23. The summed E-state index contributed by atoms with van der Waals surface area (Å²) >= 11 is 0. The molecular weight excluding hydrogens is 252 g/mol. The third-order valence-electron chi connectivity index (χ3n) is 2.94. The van der Waals surface area contributed by atoms with Gasteiger partial charge >= 0.3 is 0 Å². The molecule has 2 N–H and O–H groups in total. The molecule has 1 aromatic rings. The number of aromatic nitrogens is 1. The summed E-state index contributed by atoms with van der Waals surface area (Å²) in [6, 6.07) is 0. The van der Waals surface area contributed by atoms with Gasteiger partial charge in [0.2, 0.25) is 0 Å². The molecule has 0 radical (unpaired) electrons. The first-order chi connectivity index (χ1) is 9.24. The minimum atomic E-state index is -0.00668. The molecule has 0 aliphatic heterocycles. The third kappa shape index (κ3) is 4.87. The van der Waals surface area contributed by atoms with Crippen LogP contribution in [0, 0.1) is 13.8 Å². The molecule has 0 amide bonds. The zero-order chi connectivity index (χ0) is 15.3. The fourth-order valence-electron chi connectivity index (χ4n) is 2.18. The second-order valence-corrected chi connectivity index (χ2v) is 6.23. The van der Waals surface area contributed by atoms with E-state index in [-0.39, 0.29) is 11.5 Å². The van der Waals surface area contributed by atoms with Crippen LogP contribution in [-0.2, 0) is 0 Å². The highest BCUT2D eigenvalue weighted by atomic mass is 16.5. The fourth-order valence-corrected chi connectivity index (χ4v) is 2.18. The Hall–Kier alpha value is -1.52. The summed E-state index contributed by atoms with van der Waals surface area (Å²) < 4.78 is 5.22. The van der Waals surface area contributed by atoms with Gasteiger partial charge < -0.3 is 15.2 Å². The third-order valence-corrected chi connectivity index (χ3v) is 2.94. The Morgan fingerprint density at radius 1 is 1.35 bits per heavy atom. The maximum Gasteiger partial charge on any atom is 0.191 e. The molecule has 1 unspecified atom stereocenters. The molecular formula is C15H28N4O. The van der Waals surface area contributed by atoms with Crippen molar-refractivity contribution < 1.29 is 4.52 Å². The normalized spacial score (nSPS) is 14.2. The second kappa shape index (κ2) is 6.77. The Kier molecular flexibility index (Phi) is 5.60. The van der Waals surface area contributed by atoms with E-state index in [2.05, 4.69) is 55.4 Å². The molecule has 0 aliphatic rings. The minimum absolute atomic E-state index is 0.00668. The minimum Gasteiger partial charge on any atom is -0.361 e. The Balaban J connectivity index is 2.76. The van der Waals surface area contributed by atoms with E-state index in [9.17, 15) is 0 Å². The summed E-state index contributed by atoms with van der Waals surface area (Å²) in [4.78, 5) is 4.66. The first-order valence-corrected chi connectivity index (χ1v) is 7.24. The van der Waals surface area contributed by atoms with Crippen LogP contribution >= 0.6 is 0 Å². The average Bonchev–Trinajstić information content (AvgIpc) is 2.64. The molecule has 0 bridgehead atoms. The van der Waals surface area contributed by atoms with Crippen LogP contribution in [0.3, 0.4) is 0 Å². The number of guanidine groups is 1. The van der Waals surface area contributed by atoms with Crippen LogP contribution in [0.2, 0.25) is 0 Å². The largest absolute Gasteiger partial charge is 0.361 e. The van der Waals surface area contributed by atoms with Crippen molar-refractivity contribution in [3.8, 4) is 0 Å². The van der Waals surface area contributed by atoms with E-state index in [1.165, 1.54) is 5.56 Å². The van der Waals surface area contributed by atoms with Crippen LogP contribution in [0.25, 0.3) is 0 Å². The smallest absolute Gasteiger partial charge is 0.191 e. The predicted molar refractivity (Wildman–Crippen MR) is 83.3 cm³/mol. The monoisotopic (exact) mass is 280 g/mol. The molecule has 0 aromatic carbocycles. The number of aliphatic imine (C=N–C) groups is 1. The molecule has 1 atom stereocenters. The molecule has 1 rings (SSSR count). The van der Waals surface area contributed by atoms with Crippen LogP contribution in [-0.4, -0.2) is 29.7 Å². The van der Waals surface area contributed by atoms with E-state index in [1.54, 1.807) is 0 Å². The van der Waals surface area contributed by atoms with E-state index < -0.39 is 0 Å². The van der Waals surface area contributed by atoms with Crippen molar-refractivity contribution in [1.29, 1.82) is 0 Å². The van der Waals surface area contributed by atoms with E-state index in [0.717, 1.165) is 24.0 Å². The molecule has 0 saturated carbocycles. The molecule has 1 aromatic heterocycles. The highest BCUT2D eigenvalue weighted by Crippen LogP contribution is 2.23. The quantitative estimate of drug-likeness (QED) is 0.657. The number of aryl methyl sites for hydroxylation is 2. The van der Waals surface area contributed by atoms with Gasteiger partial charge in [-0.1, -0.05) is 12.1 Å². The SMILES string of the molecule is CCNC(=NCC(C)c1c(C)noc1C)NC(C)(C)C. The molecule has 20 heavy (non-hydrogen) atoms. The zero-order valence-corrected chi connectivity index (χ0v) is 13.8. The van der Waals surface area contributed by atoms with E-state index in [4.69, 9.17) is 4.52 Å². The van der Waals surface area contributed by atoms with E-state index in [0.29, 0.717) is 6.54 Å². The van der Waals surface area contributed by atoms with Crippen LogP contribution in [0.4, 0.5) is 0 Å². The van der Waals surface area contributed by atoms with Gasteiger partial charge in [0.25, 0.3) is 0 Å². The van der Waals surface area contributed by atoms with Gasteiger partial charge in [-0.05, 0) is 41.5 Å². The van der Waals surface area contributed by atoms with Gasteiger partial charge in [0.05, 0.1) is 5.69 Å². The number of hydrogen-bond donors (Lipinski definition) is 2. The summed E-state index contributed by atoms with van der Waals surface area (Å²) in [5, 5.41) is 10.7. The first kappa shape index (κ1) is 16.5. The van der Waals surface area contributed by atoms with E-state index >= 15 is 0 Å². The van der Waals surface area contributed by atoms with Gasteiger partial charge in [0.1, 0.15) is 5.76 Å². The summed E-state index contributed by atoms with van der Waals surface area (Å²) in [7, 11) is 0. The summed E-state index contributed by atoms with van der Waals surface area (Å²) in [5.41, 5.74) is 2.12. The summed E-state index contributed by atoms with van der Waals surface area (Å²) in [6.45, 7) is 16.1. The Morgan fingerprint density at radius 2 is 2.00 bits per heavy atom. The van der Waals surface area contributed by atoms with Gasteiger partial charge in [0.15, 0.2) is 5.96 Å². The number of nitrogens with zero attached hydrogens (tertiary/aromatic N) is 2. The fraction of sp³-hybridized carbons (Fsp3) is 0.733. The molecule has 0 saturated heterocycles. The zero-order valence-electron chi connectivity index (χ0n) is 13.8. The van der Waals surface area contributed by atoms with Crippen molar-refractivity contribution in [2.45, 2.75) is 59.9 Å². The van der Waals surface area contributed by atoms with Crippen molar-refractivity contribution in [1.82, 2.24) is 15.8 Å². The molecule has 114 valence electrons. The molecule has 1 heterocycles. The number of rotatable bonds is 4. The molecule has 5 heteroatoms. The predicted octanol–water partition coefficient (Wildman–Crippen LogP) is 2.75. The highest BCUT2D eigenvalue weighted by molar-refractivity contribution is 5.80. The van der Waals surface area contributed by atoms with Crippen molar-refractivity contribution in [3.05, 3.63) is 17.0 Å². The highest BCUT2D eigenvalue weighted by Gasteiger charge is 2.17. The van der Waals surface area contributed by atoms with Crippen molar-refractivity contribution in [3.63, 3.8) is 0 Å². The van der Waals surface area contributed by atoms with Gasteiger partial charge in [-0.15, -0.1) is 0 Å². The van der Waals surface area contributed by atoms with Gasteiger partial charge in [-0.3, -0.25) is 4.99 Å². The topological polar surface area (TPSA) is 62.5 Å². The van der Waals surface area contributed by atoms with Crippen LogP contribution in [0.1, 0.15) is 57.6 Å². The van der Waals surface area contributed by atoms with E-state index in [1.807, 2.05) is 13.8 Å². The Morgan fingerprint density at radius 3 is 2.45 bits per heavy atom. The lowest BCUT2D eigenvalue weighted by molar-refractivity contribution is 0.391. The van der Waals surface area contributed by atoms with Crippen LogP contribution < -0.4 is 10.6 Å². The average molecular weight is 280 g/mol. The maximum absolute atomic E-state index is 5.22. The number of nitrogens with one attached hydrogen (secondary N) is 2. The Labute approximate surface area is 122 Å². The van der Waals surface area contributed by atoms with Gasteiger partial charge in [0, 0.05) is 30.1 Å². The van der Waals surface area contributed by atoms with Crippen molar-refractivity contribution in [2.75, 3.05) is 13.1 Å². The lowest BCUT2D eigenvalue weighted by atomic mass is 10.00. The lowest BCUT2D eigenvalue weighted by Gasteiger charge is -2.24. The van der Waals surface area contributed by atoms with Crippen molar-refractivity contribution >= 4 is 5.96 Å². The molecule has 5 nitrogen and oxygen atoms in total. The summed E-state index contributed by atoms with van der Waals surface area (Å²) in [6.07, 6.45) is 0. The number of hydrogen-bond acceptors (Lipinski definition) is 3. The van der Waals surface area contributed by atoms with Crippen LogP contribution in [0.5, 0.6) is 0 Å². The van der Waals surface area contributed by atoms with Crippen molar-refractivity contribution in [2.24, 2.45) is 4.99 Å². The first-order valence-electron chi connectivity index (χ1n) is 7.24. The summed E-state index contributed by atoms with van der Waals surface area (Å²) in [5.74, 6) is 2.02. The molecule has 0 spiro atoms. The van der Waals surface area contributed by atoms with Gasteiger partial charge in [-0.25, -0.2) is 0 Å². The molecule has 0 aliphatic carbocycles. The maximum atomic E-state index is 5.22. The Bertz CT molecular complexity index is 437. The standard InChI is InChI=1S/C15H28N4O/c1-8-16-14(18-15(5,6)7)17-9-10(2)13-11(3)19-20-12(13)4/h10H,8-9H2,1-7H3,(H2,16,17,18). The molecule has 0 fully saturated rings. The van der Waals surface area contributed by atoms with Crippen LogP contribution in [0.15, 0.2) is 9.52 Å².